The second-order valence-corrected chi connectivity index (χ2v) is 12.3. The van der Waals surface area contributed by atoms with Crippen LogP contribution >= 0.6 is 0 Å². The van der Waals surface area contributed by atoms with Gasteiger partial charge in [0.15, 0.2) is 5.82 Å². The van der Waals surface area contributed by atoms with E-state index in [2.05, 4.69) is 4.90 Å². The lowest BCUT2D eigenvalue weighted by Gasteiger charge is -2.33. The van der Waals surface area contributed by atoms with Gasteiger partial charge in [0.2, 0.25) is 5.78 Å². The topological polar surface area (TPSA) is 80.8 Å². The monoisotopic (exact) mass is 636 g/mol. The van der Waals surface area contributed by atoms with Crippen LogP contribution in [-0.4, -0.2) is 70.9 Å². The Hall–Kier alpha value is -4.60. The van der Waals surface area contributed by atoms with Crippen molar-refractivity contribution in [1.29, 1.82) is 0 Å². The number of imidazole rings is 1. The first-order valence-electron chi connectivity index (χ1n) is 16.3. The summed E-state index contributed by atoms with van der Waals surface area (Å²) in [7, 11) is 1.82. The molecule has 5 aromatic rings. The average molecular weight is 637 g/mol. The molecule has 1 aliphatic heterocycles. The number of piperidine rings is 1. The Morgan fingerprint density at radius 1 is 0.957 bits per heavy atom. The normalized spacial score (nSPS) is 14.8. The highest BCUT2D eigenvalue weighted by molar-refractivity contribution is 5.98. The van der Waals surface area contributed by atoms with E-state index in [1.165, 1.54) is 12.1 Å². The van der Waals surface area contributed by atoms with Gasteiger partial charge in [0.25, 0.3) is 5.91 Å². The molecule has 244 valence electrons. The van der Waals surface area contributed by atoms with Crippen molar-refractivity contribution in [3.63, 3.8) is 0 Å². The predicted molar refractivity (Wildman–Crippen MR) is 179 cm³/mol. The van der Waals surface area contributed by atoms with Gasteiger partial charge in [0.1, 0.15) is 18.2 Å². The van der Waals surface area contributed by atoms with Gasteiger partial charge in [0, 0.05) is 37.5 Å². The molecule has 1 aliphatic rings. The molecule has 1 atom stereocenters. The van der Waals surface area contributed by atoms with E-state index in [0.717, 1.165) is 61.3 Å². The van der Waals surface area contributed by atoms with E-state index in [4.69, 9.17) is 14.1 Å². The van der Waals surface area contributed by atoms with Crippen LogP contribution in [0.2, 0.25) is 0 Å². The molecule has 3 heterocycles. The maximum Gasteiger partial charge on any atom is 0.253 e. The number of furan rings is 1. The third kappa shape index (κ3) is 8.04. The van der Waals surface area contributed by atoms with Crippen LogP contribution in [0.15, 0.2) is 102 Å². The van der Waals surface area contributed by atoms with E-state index < -0.39 is 0 Å². The van der Waals surface area contributed by atoms with Crippen molar-refractivity contribution in [2.75, 3.05) is 39.8 Å². The number of likely N-dealkylation sites (N-methyl/N-ethyl adjacent to an activating group) is 1. The molecule has 2 aromatic heterocycles. The molecule has 0 aliphatic carbocycles. The molecule has 0 bridgehead atoms. The summed E-state index contributed by atoms with van der Waals surface area (Å²) < 4.78 is 27.0. The smallest absolute Gasteiger partial charge is 0.253 e. The number of ether oxygens (including phenoxy) is 1. The Balaban J connectivity index is 1.06. The van der Waals surface area contributed by atoms with E-state index in [1.54, 1.807) is 11.2 Å². The van der Waals surface area contributed by atoms with Gasteiger partial charge in [0.05, 0.1) is 23.9 Å². The lowest BCUT2D eigenvalue weighted by Crippen LogP contribution is -2.38. The molecular weight excluding hydrogens is 595 g/mol. The molecule has 6 rings (SSSR count). The number of nitrogens with zero attached hydrogens (tertiary/aromatic N) is 4. The van der Waals surface area contributed by atoms with E-state index in [0.29, 0.717) is 37.7 Å². The van der Waals surface area contributed by atoms with Crippen molar-refractivity contribution in [1.82, 2.24) is 19.4 Å². The predicted octanol–water partition coefficient (Wildman–Crippen LogP) is 6.83. The Labute approximate surface area is 274 Å². The zero-order valence-corrected chi connectivity index (χ0v) is 26.8. The number of halogens is 1. The minimum absolute atomic E-state index is 0.0351. The molecule has 8 nitrogen and oxygen atoms in total. The number of aromatic nitrogens is 2. The maximum absolute atomic E-state index is 13.9. The molecule has 9 heteroatoms. The summed E-state index contributed by atoms with van der Waals surface area (Å²) in [6.45, 7) is 4.28. The Bertz CT molecular complexity index is 1750. The number of benzene rings is 3. The average Bonchev–Trinajstić information content (AvgIpc) is 3.77. The first kappa shape index (κ1) is 32.3. The minimum Gasteiger partial charge on any atom is -0.467 e. The minimum atomic E-state index is -0.275. The second-order valence-electron chi connectivity index (χ2n) is 12.3. The van der Waals surface area contributed by atoms with Crippen molar-refractivity contribution in [3.8, 4) is 0 Å². The quantitative estimate of drug-likeness (QED) is 0.0983. The third-order valence-electron chi connectivity index (χ3n) is 9.11. The van der Waals surface area contributed by atoms with Gasteiger partial charge in [-0.1, -0.05) is 42.5 Å². The molecule has 3 aromatic carbocycles. The largest absolute Gasteiger partial charge is 0.467 e. The lowest BCUT2D eigenvalue weighted by atomic mass is 9.90. The molecule has 1 unspecified atom stereocenters. The van der Waals surface area contributed by atoms with Crippen molar-refractivity contribution < 1.29 is 23.1 Å². The van der Waals surface area contributed by atoms with E-state index >= 15 is 0 Å². The van der Waals surface area contributed by atoms with Crippen LogP contribution in [0, 0.1) is 11.7 Å². The first-order chi connectivity index (χ1) is 23.0. The van der Waals surface area contributed by atoms with E-state index in [-0.39, 0.29) is 29.3 Å². The summed E-state index contributed by atoms with van der Waals surface area (Å²) in [5.41, 5.74) is 3.39. The van der Waals surface area contributed by atoms with Gasteiger partial charge < -0.3 is 23.5 Å². The Morgan fingerprint density at radius 3 is 2.45 bits per heavy atom. The third-order valence-corrected chi connectivity index (χ3v) is 9.11. The summed E-state index contributed by atoms with van der Waals surface area (Å²) in [6, 6.07) is 27.4. The van der Waals surface area contributed by atoms with Gasteiger partial charge in [-0.3, -0.25) is 9.59 Å². The SMILES string of the molecule is CN(CC(CCN1CCC(C(=O)c2nc3ccccc3n2CCOCc2ccco2)CC1)c1ccc(F)cc1)C(=O)c1ccccc1. The summed E-state index contributed by atoms with van der Waals surface area (Å²) in [5.74, 6) is 0.969. The van der Waals surface area contributed by atoms with Gasteiger partial charge >= 0.3 is 0 Å². The van der Waals surface area contributed by atoms with Crippen molar-refractivity contribution in [3.05, 3.63) is 126 Å². The van der Waals surface area contributed by atoms with E-state index in [1.807, 2.05) is 90.5 Å². The molecule has 1 amide bonds. The fourth-order valence-electron chi connectivity index (χ4n) is 6.47. The van der Waals surface area contributed by atoms with Crippen LogP contribution in [0.3, 0.4) is 0 Å². The second kappa shape index (κ2) is 15.3. The molecule has 0 radical (unpaired) electrons. The van der Waals surface area contributed by atoms with Gasteiger partial charge in [-0.05, 0) is 93.0 Å². The summed E-state index contributed by atoms with van der Waals surface area (Å²) in [6.07, 6.45) is 3.95. The Kier molecular flexibility index (Phi) is 10.5. The zero-order valence-electron chi connectivity index (χ0n) is 26.8. The number of hydrogen-bond donors (Lipinski definition) is 0. The molecule has 0 spiro atoms. The Morgan fingerprint density at radius 2 is 1.70 bits per heavy atom. The lowest BCUT2D eigenvalue weighted by molar-refractivity contribution is 0.0778. The van der Waals surface area contributed by atoms with Gasteiger partial charge in [-0.15, -0.1) is 0 Å². The summed E-state index contributed by atoms with van der Waals surface area (Å²) >= 11 is 0. The highest BCUT2D eigenvalue weighted by Crippen LogP contribution is 2.27. The van der Waals surface area contributed by atoms with Crippen LogP contribution in [-0.2, 0) is 17.9 Å². The standard InChI is InChI=1S/C38H41FN4O4/c1-41(38(45)30-8-3-2-4-9-30)26-31(28-13-15-32(39)16-14-28)19-22-42-20-17-29(18-21-42)36(44)37-40-34-11-5-6-12-35(34)43(37)23-25-46-27-33-10-7-24-47-33/h2-16,24,29,31H,17-23,25-27H2,1H3. The number of fused-ring (bicyclic) bond motifs is 1. The highest BCUT2D eigenvalue weighted by atomic mass is 19.1. The van der Waals surface area contributed by atoms with Crippen molar-refractivity contribution in [2.24, 2.45) is 5.92 Å². The van der Waals surface area contributed by atoms with Gasteiger partial charge in [-0.2, -0.15) is 0 Å². The van der Waals surface area contributed by atoms with Crippen molar-refractivity contribution in [2.45, 2.75) is 38.3 Å². The summed E-state index contributed by atoms with van der Waals surface area (Å²) in [4.78, 5) is 35.9. The van der Waals surface area contributed by atoms with Crippen LogP contribution in [0.4, 0.5) is 4.39 Å². The summed E-state index contributed by atoms with van der Waals surface area (Å²) in [5, 5.41) is 0. The first-order valence-corrected chi connectivity index (χ1v) is 16.3. The highest BCUT2D eigenvalue weighted by Gasteiger charge is 2.30. The van der Waals surface area contributed by atoms with Crippen LogP contribution in [0.1, 0.15) is 57.5 Å². The number of ketones is 1. The molecule has 1 saturated heterocycles. The molecule has 0 N–H and O–H groups in total. The molecule has 0 saturated carbocycles. The van der Waals surface area contributed by atoms with E-state index in [9.17, 15) is 14.0 Å². The molecular formula is C38H41FN4O4. The fourth-order valence-corrected chi connectivity index (χ4v) is 6.47. The number of carbonyl (C=O) groups excluding carboxylic acids is 2. The van der Waals surface area contributed by atoms with Crippen LogP contribution in [0.25, 0.3) is 11.0 Å². The zero-order chi connectivity index (χ0) is 32.6. The maximum atomic E-state index is 13.9. The number of carbonyl (C=O) groups is 2. The molecule has 1 fully saturated rings. The molecule has 47 heavy (non-hydrogen) atoms. The number of rotatable bonds is 14. The van der Waals surface area contributed by atoms with Crippen LogP contribution < -0.4 is 0 Å². The number of amides is 1. The van der Waals surface area contributed by atoms with Gasteiger partial charge in [-0.25, -0.2) is 9.37 Å². The number of para-hydroxylation sites is 2. The van der Waals surface area contributed by atoms with Crippen LogP contribution in [0.5, 0.6) is 0 Å². The number of Topliss-reactive ketones (excluding diaryl/α,β-unsaturated/α-hetero) is 1. The van der Waals surface area contributed by atoms with Crippen molar-refractivity contribution >= 4 is 22.7 Å². The fraction of sp³-hybridized carbons (Fsp3) is 0.342. The number of likely N-dealkylation sites (tertiary alicyclic amines) is 1. The number of hydrogen-bond acceptors (Lipinski definition) is 6.